The maximum Gasteiger partial charge on any atom is 0.104 e. The van der Waals surface area contributed by atoms with Crippen molar-refractivity contribution in [3.8, 4) is 0 Å². The van der Waals surface area contributed by atoms with Crippen molar-refractivity contribution >= 4 is 0 Å². The molecule has 0 aromatic rings. The molecule has 0 fully saturated rings. The molecule has 19 heavy (non-hydrogen) atoms. The highest BCUT2D eigenvalue weighted by molar-refractivity contribution is 4.54. The molecule has 0 aliphatic rings. The van der Waals surface area contributed by atoms with Gasteiger partial charge in [0.05, 0.1) is 13.2 Å². The van der Waals surface area contributed by atoms with Gasteiger partial charge in [0.1, 0.15) is 6.10 Å². The van der Waals surface area contributed by atoms with E-state index in [0.717, 1.165) is 26.1 Å². The second kappa shape index (κ2) is 15.9. The van der Waals surface area contributed by atoms with E-state index < -0.39 is 0 Å². The van der Waals surface area contributed by atoms with Crippen LogP contribution in [-0.2, 0) is 14.2 Å². The van der Waals surface area contributed by atoms with Crippen LogP contribution in [0.25, 0.3) is 0 Å². The molecule has 0 aromatic carbocycles. The van der Waals surface area contributed by atoms with Gasteiger partial charge >= 0.3 is 0 Å². The van der Waals surface area contributed by atoms with Crippen molar-refractivity contribution in [2.24, 2.45) is 0 Å². The summed E-state index contributed by atoms with van der Waals surface area (Å²) in [5, 5.41) is 0. The lowest BCUT2D eigenvalue weighted by Gasteiger charge is -2.15. The third-order valence-corrected chi connectivity index (χ3v) is 3.23. The fourth-order valence-electron chi connectivity index (χ4n) is 1.88. The van der Waals surface area contributed by atoms with E-state index in [2.05, 4.69) is 13.8 Å². The molecule has 0 amide bonds. The zero-order chi connectivity index (χ0) is 14.2. The van der Waals surface area contributed by atoms with E-state index in [-0.39, 0.29) is 6.10 Å². The van der Waals surface area contributed by atoms with Crippen LogP contribution in [0.3, 0.4) is 0 Å². The van der Waals surface area contributed by atoms with Gasteiger partial charge in [-0.25, -0.2) is 0 Å². The first-order chi connectivity index (χ1) is 9.35. The molecule has 0 spiro atoms. The van der Waals surface area contributed by atoms with Gasteiger partial charge in [0.2, 0.25) is 0 Å². The summed E-state index contributed by atoms with van der Waals surface area (Å²) in [6, 6.07) is 0. The summed E-state index contributed by atoms with van der Waals surface area (Å²) in [5.74, 6) is 0. The van der Waals surface area contributed by atoms with E-state index in [0.29, 0.717) is 13.2 Å². The molecule has 0 rings (SSSR count). The van der Waals surface area contributed by atoms with Crippen LogP contribution in [0.1, 0.15) is 65.2 Å². The minimum Gasteiger partial charge on any atom is -0.379 e. The number of rotatable bonds is 15. The lowest BCUT2D eigenvalue weighted by Crippen LogP contribution is -2.24. The molecule has 0 unspecified atom stereocenters. The molecular formula is C16H34O3. The quantitative estimate of drug-likeness (QED) is 0.419. The van der Waals surface area contributed by atoms with Crippen LogP contribution in [0.2, 0.25) is 0 Å². The Balaban J connectivity index is 3.30. The Labute approximate surface area is 120 Å². The number of methoxy groups -OCH3 is 1. The van der Waals surface area contributed by atoms with Crippen molar-refractivity contribution in [3.05, 3.63) is 0 Å². The SMILES string of the molecule is CCCCCCOCC(COCCCCCC)OC. The summed E-state index contributed by atoms with van der Waals surface area (Å²) in [4.78, 5) is 0. The van der Waals surface area contributed by atoms with Crippen molar-refractivity contribution in [2.75, 3.05) is 33.5 Å². The molecule has 116 valence electrons. The summed E-state index contributed by atoms with van der Waals surface area (Å²) in [6.45, 7) is 7.43. The molecule has 0 aliphatic heterocycles. The van der Waals surface area contributed by atoms with E-state index in [9.17, 15) is 0 Å². The Kier molecular flexibility index (Phi) is 15.8. The van der Waals surface area contributed by atoms with Gasteiger partial charge in [-0.1, -0.05) is 52.4 Å². The summed E-state index contributed by atoms with van der Waals surface area (Å²) in [7, 11) is 1.73. The third-order valence-electron chi connectivity index (χ3n) is 3.23. The number of hydrogen-bond acceptors (Lipinski definition) is 3. The van der Waals surface area contributed by atoms with Crippen molar-refractivity contribution in [1.82, 2.24) is 0 Å². The van der Waals surface area contributed by atoms with Gasteiger partial charge in [-0.05, 0) is 12.8 Å². The van der Waals surface area contributed by atoms with Crippen LogP contribution < -0.4 is 0 Å². The Morgan fingerprint density at radius 2 is 1.16 bits per heavy atom. The lowest BCUT2D eigenvalue weighted by atomic mass is 10.2. The maximum absolute atomic E-state index is 5.62. The molecular weight excluding hydrogens is 240 g/mol. The molecule has 0 aliphatic carbocycles. The average molecular weight is 274 g/mol. The molecule has 3 nitrogen and oxygen atoms in total. The summed E-state index contributed by atoms with van der Waals surface area (Å²) in [5.41, 5.74) is 0. The van der Waals surface area contributed by atoms with E-state index in [4.69, 9.17) is 14.2 Å². The van der Waals surface area contributed by atoms with Crippen LogP contribution in [0.15, 0.2) is 0 Å². The van der Waals surface area contributed by atoms with E-state index >= 15 is 0 Å². The largest absolute Gasteiger partial charge is 0.379 e. The first-order valence-electron chi connectivity index (χ1n) is 8.03. The second-order valence-electron chi connectivity index (χ2n) is 5.13. The zero-order valence-electron chi connectivity index (χ0n) is 13.3. The molecule has 0 N–H and O–H groups in total. The molecule has 0 atom stereocenters. The van der Waals surface area contributed by atoms with Gasteiger partial charge in [-0.15, -0.1) is 0 Å². The maximum atomic E-state index is 5.62. The Hall–Kier alpha value is -0.120. The normalized spacial score (nSPS) is 11.4. The monoisotopic (exact) mass is 274 g/mol. The smallest absolute Gasteiger partial charge is 0.104 e. The Morgan fingerprint density at radius 3 is 1.53 bits per heavy atom. The molecule has 0 radical (unpaired) electrons. The topological polar surface area (TPSA) is 27.7 Å². The molecule has 0 saturated heterocycles. The Morgan fingerprint density at radius 1 is 0.684 bits per heavy atom. The molecule has 3 heteroatoms. The minimum absolute atomic E-state index is 0.0809. The van der Waals surface area contributed by atoms with Gasteiger partial charge in [-0.3, -0.25) is 0 Å². The van der Waals surface area contributed by atoms with E-state index in [1.807, 2.05) is 0 Å². The molecule has 0 aromatic heterocycles. The van der Waals surface area contributed by atoms with Crippen LogP contribution in [0.4, 0.5) is 0 Å². The average Bonchev–Trinajstić information content (AvgIpc) is 2.44. The fourth-order valence-corrected chi connectivity index (χ4v) is 1.88. The molecule has 0 saturated carbocycles. The van der Waals surface area contributed by atoms with Crippen molar-refractivity contribution in [3.63, 3.8) is 0 Å². The van der Waals surface area contributed by atoms with Crippen LogP contribution >= 0.6 is 0 Å². The highest BCUT2D eigenvalue weighted by Crippen LogP contribution is 2.02. The second-order valence-corrected chi connectivity index (χ2v) is 5.13. The standard InChI is InChI=1S/C16H34O3/c1-4-6-8-10-12-18-14-16(17-3)15-19-13-11-9-7-5-2/h16H,4-15H2,1-3H3. The number of unbranched alkanes of at least 4 members (excludes halogenated alkanes) is 6. The minimum atomic E-state index is 0.0809. The highest BCUT2D eigenvalue weighted by atomic mass is 16.6. The van der Waals surface area contributed by atoms with Gasteiger partial charge in [-0.2, -0.15) is 0 Å². The molecule has 0 heterocycles. The van der Waals surface area contributed by atoms with Crippen LogP contribution in [0.5, 0.6) is 0 Å². The molecule has 0 bridgehead atoms. The first-order valence-corrected chi connectivity index (χ1v) is 8.03. The number of ether oxygens (including phenoxy) is 3. The predicted molar refractivity (Wildman–Crippen MR) is 80.7 cm³/mol. The van der Waals surface area contributed by atoms with Gasteiger partial charge in [0.15, 0.2) is 0 Å². The fraction of sp³-hybridized carbons (Fsp3) is 1.00. The van der Waals surface area contributed by atoms with Crippen molar-refractivity contribution in [1.29, 1.82) is 0 Å². The number of hydrogen-bond donors (Lipinski definition) is 0. The van der Waals surface area contributed by atoms with Gasteiger partial charge in [0.25, 0.3) is 0 Å². The van der Waals surface area contributed by atoms with Crippen LogP contribution in [-0.4, -0.2) is 39.6 Å². The summed E-state index contributed by atoms with van der Waals surface area (Å²) >= 11 is 0. The van der Waals surface area contributed by atoms with Crippen molar-refractivity contribution < 1.29 is 14.2 Å². The third kappa shape index (κ3) is 14.1. The first kappa shape index (κ1) is 18.9. The summed E-state index contributed by atoms with van der Waals surface area (Å²) in [6.07, 6.45) is 10.1. The van der Waals surface area contributed by atoms with Gasteiger partial charge < -0.3 is 14.2 Å². The van der Waals surface area contributed by atoms with Crippen LogP contribution in [0, 0.1) is 0 Å². The van der Waals surface area contributed by atoms with Crippen molar-refractivity contribution in [2.45, 2.75) is 71.3 Å². The summed E-state index contributed by atoms with van der Waals surface area (Å²) < 4.78 is 16.6. The Bertz CT molecular complexity index is 146. The zero-order valence-corrected chi connectivity index (χ0v) is 13.3. The highest BCUT2D eigenvalue weighted by Gasteiger charge is 2.07. The van der Waals surface area contributed by atoms with E-state index in [1.165, 1.54) is 38.5 Å². The van der Waals surface area contributed by atoms with E-state index in [1.54, 1.807) is 7.11 Å². The predicted octanol–water partition coefficient (Wildman–Crippen LogP) is 4.20. The van der Waals surface area contributed by atoms with Gasteiger partial charge in [0, 0.05) is 20.3 Å². The lowest BCUT2D eigenvalue weighted by molar-refractivity contribution is -0.0418.